The van der Waals surface area contributed by atoms with Crippen LogP contribution in [0.5, 0.6) is 0 Å². The molecule has 2 N–H and O–H groups in total. The van der Waals surface area contributed by atoms with E-state index in [1.54, 1.807) is 0 Å². The number of piperidine rings is 1. The third-order valence-corrected chi connectivity index (χ3v) is 5.16. The molecule has 1 unspecified atom stereocenters. The average molecular weight is 266 g/mol. The van der Waals surface area contributed by atoms with Crippen LogP contribution in [0, 0.1) is 16.7 Å². The smallest absolute Gasteiger partial charge is 0.227 e. The summed E-state index contributed by atoms with van der Waals surface area (Å²) in [6, 6.07) is 0. The number of carbonyl (C=O) groups is 1. The standard InChI is InChI=1S/C16H30N2O/c1-15(2)8-5-13(6-9-15)11-18-14(19)16(3)7-4-10-17-12-16/h13,17H,4-12H2,1-3H3,(H,18,19). The van der Waals surface area contributed by atoms with Crippen LogP contribution in [0.25, 0.3) is 0 Å². The SMILES string of the molecule is CC1(C)CCC(CNC(=O)C2(C)CCCNC2)CC1. The van der Waals surface area contributed by atoms with Crippen LogP contribution in [0.3, 0.4) is 0 Å². The Kier molecular flexibility index (Phi) is 4.54. The number of hydrogen-bond donors (Lipinski definition) is 2. The molecule has 110 valence electrons. The van der Waals surface area contributed by atoms with E-state index in [1.807, 2.05) is 0 Å². The lowest BCUT2D eigenvalue weighted by Crippen LogP contribution is -2.49. The van der Waals surface area contributed by atoms with Crippen LogP contribution in [-0.4, -0.2) is 25.5 Å². The van der Waals surface area contributed by atoms with E-state index < -0.39 is 0 Å². The minimum absolute atomic E-state index is 0.188. The lowest BCUT2D eigenvalue weighted by Gasteiger charge is -2.36. The summed E-state index contributed by atoms with van der Waals surface area (Å²) in [5.74, 6) is 0.946. The first-order valence-corrected chi connectivity index (χ1v) is 7.90. The van der Waals surface area contributed by atoms with Crippen LogP contribution in [-0.2, 0) is 4.79 Å². The van der Waals surface area contributed by atoms with Gasteiger partial charge in [-0.05, 0) is 63.3 Å². The van der Waals surface area contributed by atoms with Gasteiger partial charge >= 0.3 is 0 Å². The number of rotatable bonds is 3. The molecular formula is C16H30N2O. The Hall–Kier alpha value is -0.570. The van der Waals surface area contributed by atoms with Crippen molar-refractivity contribution < 1.29 is 4.79 Å². The third-order valence-electron chi connectivity index (χ3n) is 5.16. The first-order valence-electron chi connectivity index (χ1n) is 7.90. The summed E-state index contributed by atoms with van der Waals surface area (Å²) >= 11 is 0. The molecule has 1 aliphatic carbocycles. The molecule has 1 amide bonds. The number of hydrogen-bond acceptors (Lipinski definition) is 2. The Morgan fingerprint density at radius 2 is 1.89 bits per heavy atom. The predicted molar refractivity (Wildman–Crippen MR) is 79.0 cm³/mol. The fourth-order valence-corrected chi connectivity index (χ4v) is 3.36. The molecule has 1 atom stereocenters. The molecule has 3 nitrogen and oxygen atoms in total. The molecule has 0 aromatic rings. The molecule has 1 saturated heterocycles. The van der Waals surface area contributed by atoms with Crippen LogP contribution in [0.2, 0.25) is 0 Å². The fourth-order valence-electron chi connectivity index (χ4n) is 3.36. The van der Waals surface area contributed by atoms with Gasteiger partial charge < -0.3 is 10.6 Å². The van der Waals surface area contributed by atoms with Gasteiger partial charge in [0.15, 0.2) is 0 Å². The van der Waals surface area contributed by atoms with Gasteiger partial charge in [0.05, 0.1) is 5.41 Å². The fraction of sp³-hybridized carbons (Fsp3) is 0.938. The van der Waals surface area contributed by atoms with Gasteiger partial charge in [-0.2, -0.15) is 0 Å². The van der Waals surface area contributed by atoms with Gasteiger partial charge in [-0.3, -0.25) is 4.79 Å². The first kappa shape index (κ1) is 14.8. The molecule has 0 aromatic heterocycles. The van der Waals surface area contributed by atoms with Crippen LogP contribution < -0.4 is 10.6 Å². The van der Waals surface area contributed by atoms with Crippen LogP contribution >= 0.6 is 0 Å². The van der Waals surface area contributed by atoms with Gasteiger partial charge in [0, 0.05) is 13.1 Å². The van der Waals surface area contributed by atoms with Crippen LogP contribution in [0.1, 0.15) is 59.3 Å². The second-order valence-electron chi connectivity index (χ2n) is 7.66. The van der Waals surface area contributed by atoms with Crippen molar-refractivity contribution >= 4 is 5.91 Å². The zero-order valence-electron chi connectivity index (χ0n) is 12.8. The first-order chi connectivity index (χ1) is 8.91. The van der Waals surface area contributed by atoms with E-state index in [9.17, 15) is 4.79 Å². The van der Waals surface area contributed by atoms with Crippen molar-refractivity contribution in [1.29, 1.82) is 0 Å². The highest BCUT2D eigenvalue weighted by Gasteiger charge is 2.35. The summed E-state index contributed by atoms with van der Waals surface area (Å²) in [7, 11) is 0. The summed E-state index contributed by atoms with van der Waals surface area (Å²) in [6.45, 7) is 9.58. The summed E-state index contributed by atoms with van der Waals surface area (Å²) in [5, 5.41) is 6.56. The van der Waals surface area contributed by atoms with Crippen molar-refractivity contribution in [2.24, 2.45) is 16.7 Å². The molecule has 0 spiro atoms. The lowest BCUT2D eigenvalue weighted by molar-refractivity contribution is -0.131. The Balaban J connectivity index is 1.75. The van der Waals surface area contributed by atoms with E-state index in [2.05, 4.69) is 31.4 Å². The molecule has 1 heterocycles. The Labute approximate surface area is 117 Å². The highest BCUT2D eigenvalue weighted by atomic mass is 16.2. The Morgan fingerprint density at radius 3 is 2.47 bits per heavy atom. The summed E-state index contributed by atoms with van der Waals surface area (Å²) < 4.78 is 0. The van der Waals surface area contributed by atoms with E-state index in [4.69, 9.17) is 0 Å². The highest BCUT2D eigenvalue weighted by Crippen LogP contribution is 2.37. The van der Waals surface area contributed by atoms with Gasteiger partial charge in [-0.15, -0.1) is 0 Å². The maximum Gasteiger partial charge on any atom is 0.227 e. The zero-order valence-corrected chi connectivity index (χ0v) is 12.8. The van der Waals surface area contributed by atoms with Crippen molar-refractivity contribution in [3.05, 3.63) is 0 Å². The van der Waals surface area contributed by atoms with Gasteiger partial charge in [0.25, 0.3) is 0 Å². The number of amides is 1. The lowest BCUT2D eigenvalue weighted by atomic mass is 9.73. The maximum absolute atomic E-state index is 12.3. The number of nitrogens with one attached hydrogen (secondary N) is 2. The van der Waals surface area contributed by atoms with Crippen molar-refractivity contribution in [2.75, 3.05) is 19.6 Å². The zero-order chi connectivity index (χ0) is 13.9. The summed E-state index contributed by atoms with van der Waals surface area (Å²) in [4.78, 5) is 12.3. The van der Waals surface area contributed by atoms with Crippen molar-refractivity contribution in [1.82, 2.24) is 10.6 Å². The van der Waals surface area contributed by atoms with Crippen LogP contribution in [0.4, 0.5) is 0 Å². The van der Waals surface area contributed by atoms with Crippen molar-refractivity contribution in [3.8, 4) is 0 Å². The average Bonchev–Trinajstić information content (AvgIpc) is 2.38. The number of carbonyl (C=O) groups excluding carboxylic acids is 1. The summed E-state index contributed by atoms with van der Waals surface area (Å²) in [6.07, 6.45) is 7.26. The largest absolute Gasteiger partial charge is 0.355 e. The van der Waals surface area contributed by atoms with Gasteiger partial charge in [-0.1, -0.05) is 13.8 Å². The molecule has 19 heavy (non-hydrogen) atoms. The van der Waals surface area contributed by atoms with Gasteiger partial charge in [0.2, 0.25) is 5.91 Å². The van der Waals surface area contributed by atoms with Gasteiger partial charge in [-0.25, -0.2) is 0 Å². The quantitative estimate of drug-likeness (QED) is 0.824. The molecule has 1 saturated carbocycles. The molecule has 0 bridgehead atoms. The van der Waals surface area contributed by atoms with Crippen molar-refractivity contribution in [3.63, 3.8) is 0 Å². The molecule has 0 aromatic carbocycles. The van der Waals surface area contributed by atoms with E-state index >= 15 is 0 Å². The molecule has 2 rings (SSSR count). The minimum atomic E-state index is -0.188. The van der Waals surface area contributed by atoms with E-state index in [1.165, 1.54) is 25.7 Å². The van der Waals surface area contributed by atoms with Gasteiger partial charge in [0.1, 0.15) is 0 Å². The molecular weight excluding hydrogens is 236 g/mol. The molecule has 0 radical (unpaired) electrons. The third kappa shape index (κ3) is 3.95. The van der Waals surface area contributed by atoms with Crippen LogP contribution in [0.15, 0.2) is 0 Å². The topological polar surface area (TPSA) is 41.1 Å². The summed E-state index contributed by atoms with van der Waals surface area (Å²) in [5.41, 5.74) is 0.325. The predicted octanol–water partition coefficient (Wildman–Crippen LogP) is 2.71. The van der Waals surface area contributed by atoms with E-state index in [0.717, 1.165) is 32.5 Å². The van der Waals surface area contributed by atoms with Crippen molar-refractivity contribution in [2.45, 2.75) is 59.3 Å². The second kappa shape index (κ2) is 5.82. The van der Waals surface area contributed by atoms with E-state index in [0.29, 0.717) is 11.3 Å². The monoisotopic (exact) mass is 266 g/mol. The minimum Gasteiger partial charge on any atom is -0.355 e. The molecule has 2 fully saturated rings. The molecule has 2 aliphatic rings. The molecule has 3 heteroatoms. The molecule has 1 aliphatic heterocycles. The Bertz CT molecular complexity index is 309. The Morgan fingerprint density at radius 1 is 1.21 bits per heavy atom. The highest BCUT2D eigenvalue weighted by molar-refractivity contribution is 5.82. The normalized spacial score (nSPS) is 31.9. The second-order valence-corrected chi connectivity index (χ2v) is 7.66. The maximum atomic E-state index is 12.3. The van der Waals surface area contributed by atoms with E-state index in [-0.39, 0.29) is 11.3 Å².